The molecule has 2 aromatic heterocycles. The number of fused-ring (bicyclic) bond motifs is 1. The Bertz CT molecular complexity index is 879. The number of hydrogen-bond acceptors (Lipinski definition) is 2. The summed E-state index contributed by atoms with van der Waals surface area (Å²) in [6.45, 7) is 4.42. The molecule has 1 amide bonds. The van der Waals surface area contributed by atoms with Crippen molar-refractivity contribution in [1.82, 2.24) is 19.0 Å². The Morgan fingerprint density at radius 3 is 2.96 bits per heavy atom. The van der Waals surface area contributed by atoms with Gasteiger partial charge in [-0.25, -0.2) is 4.98 Å². The Kier molecular flexibility index (Phi) is 4.30. The number of amides is 1. The first-order valence-electron chi connectivity index (χ1n) is 9.03. The van der Waals surface area contributed by atoms with E-state index in [2.05, 4.69) is 38.5 Å². The van der Waals surface area contributed by atoms with Gasteiger partial charge in [0, 0.05) is 50.2 Å². The molecule has 0 N–H and O–H groups in total. The molecule has 5 nitrogen and oxygen atoms in total. The number of carbonyl (C=O) groups excluding carboxylic acids is 1. The highest BCUT2D eigenvalue weighted by Gasteiger charge is 2.25. The van der Waals surface area contributed by atoms with E-state index in [-0.39, 0.29) is 5.91 Å². The third-order valence-electron chi connectivity index (χ3n) is 5.25. The minimum Gasteiger partial charge on any atom is -0.347 e. The molecule has 0 spiro atoms. The topological polar surface area (TPSA) is 43.1 Å². The molecule has 130 valence electrons. The summed E-state index contributed by atoms with van der Waals surface area (Å²) in [6, 6.07) is 10.8. The van der Waals surface area contributed by atoms with E-state index in [9.17, 15) is 4.79 Å². The molecule has 0 bridgehead atoms. The zero-order valence-corrected chi connectivity index (χ0v) is 14.6. The zero-order chi connectivity index (χ0) is 17.2. The van der Waals surface area contributed by atoms with Crippen LogP contribution < -0.4 is 0 Å². The summed E-state index contributed by atoms with van der Waals surface area (Å²) < 4.78 is 4.38. The highest BCUT2D eigenvalue weighted by atomic mass is 16.2. The Morgan fingerprint density at radius 2 is 2.12 bits per heavy atom. The van der Waals surface area contributed by atoms with Gasteiger partial charge in [-0.1, -0.05) is 18.2 Å². The lowest BCUT2D eigenvalue weighted by atomic mass is 10.0. The first kappa shape index (κ1) is 15.9. The minimum atomic E-state index is 0.250. The molecule has 5 heteroatoms. The van der Waals surface area contributed by atoms with Crippen molar-refractivity contribution >= 4 is 16.8 Å². The predicted molar refractivity (Wildman–Crippen MR) is 98.4 cm³/mol. The number of rotatable bonds is 4. The molecule has 1 unspecified atom stereocenters. The lowest BCUT2D eigenvalue weighted by Crippen LogP contribution is -2.41. The lowest BCUT2D eigenvalue weighted by molar-refractivity contribution is -0.133. The van der Waals surface area contributed by atoms with Gasteiger partial charge in [-0.05, 0) is 37.3 Å². The average molecular weight is 336 g/mol. The van der Waals surface area contributed by atoms with Gasteiger partial charge >= 0.3 is 0 Å². The third kappa shape index (κ3) is 3.18. The van der Waals surface area contributed by atoms with Crippen LogP contribution in [0.4, 0.5) is 0 Å². The first-order valence-corrected chi connectivity index (χ1v) is 9.03. The van der Waals surface area contributed by atoms with E-state index in [0.717, 1.165) is 38.3 Å². The fraction of sp³-hybridized carbons (Fsp3) is 0.400. The largest absolute Gasteiger partial charge is 0.347 e. The number of aryl methyl sites for hydroxylation is 2. The van der Waals surface area contributed by atoms with Crippen LogP contribution in [0.15, 0.2) is 48.9 Å². The number of carbonyl (C=O) groups is 1. The maximum Gasteiger partial charge on any atom is 0.224 e. The van der Waals surface area contributed by atoms with Gasteiger partial charge in [0.1, 0.15) is 5.82 Å². The highest BCUT2D eigenvalue weighted by molar-refractivity contribution is 5.80. The lowest BCUT2D eigenvalue weighted by Gasteiger charge is -2.34. The van der Waals surface area contributed by atoms with E-state index in [0.29, 0.717) is 12.5 Å². The fourth-order valence-corrected chi connectivity index (χ4v) is 3.89. The molecule has 0 saturated carbocycles. The number of nitrogens with zero attached hydrogens (tertiary/aromatic N) is 4. The summed E-state index contributed by atoms with van der Waals surface area (Å²) >= 11 is 0. The van der Waals surface area contributed by atoms with Gasteiger partial charge in [0.15, 0.2) is 0 Å². The summed E-state index contributed by atoms with van der Waals surface area (Å²) in [5.74, 6) is 1.28. The maximum atomic E-state index is 12.7. The smallest absolute Gasteiger partial charge is 0.224 e. The summed E-state index contributed by atoms with van der Waals surface area (Å²) in [5, 5.41) is 1.23. The van der Waals surface area contributed by atoms with E-state index < -0.39 is 0 Å². The van der Waals surface area contributed by atoms with Crippen LogP contribution in [0, 0.1) is 6.92 Å². The van der Waals surface area contributed by atoms with Crippen molar-refractivity contribution in [2.45, 2.75) is 38.8 Å². The van der Waals surface area contributed by atoms with Crippen LogP contribution >= 0.6 is 0 Å². The van der Waals surface area contributed by atoms with Crippen LogP contribution in [0.2, 0.25) is 0 Å². The van der Waals surface area contributed by atoms with E-state index in [1.165, 1.54) is 10.9 Å². The second-order valence-corrected chi connectivity index (χ2v) is 6.84. The number of aromatic nitrogens is 3. The van der Waals surface area contributed by atoms with Crippen molar-refractivity contribution in [2.75, 3.05) is 13.1 Å². The van der Waals surface area contributed by atoms with E-state index in [4.69, 9.17) is 0 Å². The highest BCUT2D eigenvalue weighted by Crippen LogP contribution is 2.23. The van der Waals surface area contributed by atoms with Crippen molar-refractivity contribution in [1.29, 1.82) is 0 Å². The van der Waals surface area contributed by atoms with Gasteiger partial charge in [-0.15, -0.1) is 0 Å². The Hall–Kier alpha value is -2.56. The maximum absolute atomic E-state index is 12.7. The van der Waals surface area contributed by atoms with E-state index in [1.807, 2.05) is 36.4 Å². The van der Waals surface area contributed by atoms with Gasteiger partial charge in [-0.3, -0.25) is 4.79 Å². The molecular weight excluding hydrogens is 312 g/mol. The monoisotopic (exact) mass is 336 g/mol. The second-order valence-electron chi connectivity index (χ2n) is 6.84. The Labute approximate surface area is 147 Å². The SMILES string of the molecule is Cc1nccn1C1CCCN(C(=O)CCn2ccc3ccccc32)C1. The van der Waals surface area contributed by atoms with Gasteiger partial charge < -0.3 is 14.0 Å². The summed E-state index contributed by atoms with van der Waals surface area (Å²) in [4.78, 5) is 19.1. The molecule has 3 aromatic rings. The van der Waals surface area contributed by atoms with Gasteiger partial charge in [0.2, 0.25) is 5.91 Å². The quantitative estimate of drug-likeness (QED) is 0.733. The standard InChI is InChI=1S/C20H24N4O/c1-16-21-10-14-24(16)18-6-4-11-23(15-18)20(25)9-13-22-12-8-17-5-2-3-7-19(17)22/h2-3,5,7-8,10,12,14,18H,4,6,9,11,13,15H2,1H3. The molecule has 0 radical (unpaired) electrons. The van der Waals surface area contributed by atoms with Crippen molar-refractivity contribution < 1.29 is 4.79 Å². The molecule has 1 aliphatic rings. The molecule has 25 heavy (non-hydrogen) atoms. The molecule has 1 aliphatic heterocycles. The summed E-state index contributed by atoms with van der Waals surface area (Å²) in [6.07, 6.45) is 8.66. The van der Waals surface area contributed by atoms with Crippen LogP contribution in [0.1, 0.15) is 31.1 Å². The van der Waals surface area contributed by atoms with Crippen molar-refractivity contribution in [3.05, 3.63) is 54.7 Å². The normalized spacial score (nSPS) is 18.0. The van der Waals surface area contributed by atoms with Gasteiger partial charge in [-0.2, -0.15) is 0 Å². The van der Waals surface area contributed by atoms with Crippen LogP contribution in [0.25, 0.3) is 10.9 Å². The molecule has 1 fully saturated rings. The minimum absolute atomic E-state index is 0.250. The van der Waals surface area contributed by atoms with Gasteiger partial charge in [0.05, 0.1) is 6.04 Å². The number of benzene rings is 1. The van der Waals surface area contributed by atoms with Crippen molar-refractivity contribution in [3.63, 3.8) is 0 Å². The number of hydrogen-bond donors (Lipinski definition) is 0. The van der Waals surface area contributed by atoms with Crippen LogP contribution in [-0.2, 0) is 11.3 Å². The van der Waals surface area contributed by atoms with Crippen LogP contribution in [0.3, 0.4) is 0 Å². The third-order valence-corrected chi connectivity index (χ3v) is 5.25. The molecule has 1 saturated heterocycles. The fourth-order valence-electron chi connectivity index (χ4n) is 3.89. The summed E-state index contributed by atoms with van der Waals surface area (Å²) in [7, 11) is 0. The number of imidazole rings is 1. The molecule has 0 aliphatic carbocycles. The molecule has 1 aromatic carbocycles. The molecule has 3 heterocycles. The van der Waals surface area contributed by atoms with E-state index >= 15 is 0 Å². The number of piperidine rings is 1. The van der Waals surface area contributed by atoms with Crippen molar-refractivity contribution in [2.24, 2.45) is 0 Å². The number of para-hydroxylation sites is 1. The van der Waals surface area contributed by atoms with Gasteiger partial charge in [0.25, 0.3) is 0 Å². The van der Waals surface area contributed by atoms with Crippen LogP contribution in [0.5, 0.6) is 0 Å². The first-order chi connectivity index (χ1) is 12.2. The summed E-state index contributed by atoms with van der Waals surface area (Å²) in [5.41, 5.74) is 1.20. The second kappa shape index (κ2) is 6.75. The predicted octanol–water partition coefficient (Wildman–Crippen LogP) is 3.40. The molecule has 1 atom stereocenters. The zero-order valence-electron chi connectivity index (χ0n) is 14.6. The van der Waals surface area contributed by atoms with Crippen molar-refractivity contribution in [3.8, 4) is 0 Å². The average Bonchev–Trinajstić information content (AvgIpc) is 3.26. The Balaban J connectivity index is 1.40. The van der Waals surface area contributed by atoms with Crippen LogP contribution in [-0.4, -0.2) is 38.0 Å². The van der Waals surface area contributed by atoms with E-state index in [1.54, 1.807) is 0 Å². The number of likely N-dealkylation sites (tertiary alicyclic amines) is 1. The molecular formula is C20H24N4O. The molecule has 4 rings (SSSR count). The Morgan fingerprint density at radius 1 is 1.24 bits per heavy atom.